The van der Waals surface area contributed by atoms with Gasteiger partial charge in [-0.2, -0.15) is 0 Å². The number of nitrogens with zero attached hydrogens (tertiary/aromatic N) is 3. The second kappa shape index (κ2) is 9.21. The Bertz CT molecular complexity index is 789. The summed E-state index contributed by atoms with van der Waals surface area (Å²) in [4.78, 5) is 22.9. The molecule has 1 saturated heterocycles. The third-order valence-electron chi connectivity index (χ3n) is 5.21. The van der Waals surface area contributed by atoms with Gasteiger partial charge in [-0.25, -0.2) is 14.4 Å². The highest BCUT2D eigenvalue weighted by atomic mass is 19.1. The molecule has 1 aliphatic heterocycles. The van der Waals surface area contributed by atoms with Crippen molar-refractivity contribution in [3.8, 4) is 0 Å². The van der Waals surface area contributed by atoms with Crippen molar-refractivity contribution in [1.82, 2.24) is 20.2 Å². The highest BCUT2D eigenvalue weighted by Crippen LogP contribution is 2.35. The largest absolute Gasteiger partial charge is 0.384 e. The van der Waals surface area contributed by atoms with Gasteiger partial charge in [-0.15, -0.1) is 0 Å². The van der Waals surface area contributed by atoms with Gasteiger partial charge in [-0.3, -0.25) is 9.69 Å². The first-order chi connectivity index (χ1) is 13.5. The molecule has 3 rings (SSSR count). The summed E-state index contributed by atoms with van der Waals surface area (Å²) in [6.07, 6.45) is 5.71. The van der Waals surface area contributed by atoms with Crippen LogP contribution in [0.4, 0.5) is 4.39 Å². The first kappa shape index (κ1) is 20.4. The molecule has 1 aromatic heterocycles. The van der Waals surface area contributed by atoms with Crippen molar-refractivity contribution in [2.24, 2.45) is 0 Å². The number of benzene rings is 1. The van der Waals surface area contributed by atoms with Crippen molar-refractivity contribution in [3.05, 3.63) is 59.4 Å². The minimum atomic E-state index is -0.659. The molecule has 2 heterocycles. The van der Waals surface area contributed by atoms with Crippen molar-refractivity contribution in [2.45, 2.75) is 38.3 Å². The molecule has 1 fully saturated rings. The van der Waals surface area contributed by atoms with Crippen LogP contribution >= 0.6 is 0 Å². The van der Waals surface area contributed by atoms with Gasteiger partial charge in [0.1, 0.15) is 11.6 Å². The zero-order valence-electron chi connectivity index (χ0n) is 16.4. The Morgan fingerprint density at radius 1 is 1.25 bits per heavy atom. The summed E-state index contributed by atoms with van der Waals surface area (Å²) in [6.45, 7) is 4.32. The Kier molecular flexibility index (Phi) is 6.70. The van der Waals surface area contributed by atoms with Crippen LogP contribution in [0.15, 0.2) is 36.7 Å². The fraction of sp³-hybridized carbons (Fsp3) is 0.476. The number of carbonyl (C=O) groups is 1. The molecule has 0 atom stereocenters. The van der Waals surface area contributed by atoms with E-state index in [1.165, 1.54) is 13.0 Å². The van der Waals surface area contributed by atoms with E-state index >= 15 is 0 Å². The molecule has 1 amide bonds. The minimum absolute atomic E-state index is 0.142. The number of amides is 1. The van der Waals surface area contributed by atoms with Crippen molar-refractivity contribution in [1.29, 1.82) is 0 Å². The van der Waals surface area contributed by atoms with E-state index in [0.29, 0.717) is 31.4 Å². The van der Waals surface area contributed by atoms with Gasteiger partial charge >= 0.3 is 0 Å². The van der Waals surface area contributed by atoms with E-state index in [1.54, 1.807) is 19.2 Å². The highest BCUT2D eigenvalue weighted by molar-refractivity contribution is 5.74. The van der Waals surface area contributed by atoms with Gasteiger partial charge in [0.2, 0.25) is 5.91 Å². The van der Waals surface area contributed by atoms with Gasteiger partial charge in [0, 0.05) is 63.6 Å². The number of hydrogen-bond donors (Lipinski definition) is 1. The summed E-state index contributed by atoms with van der Waals surface area (Å²) in [5.74, 6) is 0.356. The van der Waals surface area contributed by atoms with E-state index in [4.69, 9.17) is 4.74 Å². The molecule has 7 heteroatoms. The Morgan fingerprint density at radius 3 is 2.54 bits per heavy atom. The van der Waals surface area contributed by atoms with Gasteiger partial charge in [-0.05, 0) is 18.9 Å². The van der Waals surface area contributed by atoms with Gasteiger partial charge in [0.15, 0.2) is 0 Å². The topological polar surface area (TPSA) is 67.3 Å². The molecule has 0 aliphatic carbocycles. The molecule has 1 aromatic carbocycles. The second-order valence-electron chi connectivity index (χ2n) is 7.27. The smallest absolute Gasteiger partial charge is 0.217 e. The fourth-order valence-corrected chi connectivity index (χ4v) is 3.78. The number of ether oxygens (including phenoxy) is 1. The third kappa shape index (κ3) is 4.91. The Balaban J connectivity index is 1.66. The molecule has 2 aromatic rings. The first-order valence-electron chi connectivity index (χ1n) is 9.57. The van der Waals surface area contributed by atoms with Crippen molar-refractivity contribution in [2.75, 3.05) is 26.8 Å². The summed E-state index contributed by atoms with van der Waals surface area (Å²) >= 11 is 0. The summed E-state index contributed by atoms with van der Waals surface area (Å²) in [6, 6.07) is 6.71. The lowest BCUT2D eigenvalue weighted by Crippen LogP contribution is -2.52. The summed E-state index contributed by atoms with van der Waals surface area (Å²) in [7, 11) is 1.66. The van der Waals surface area contributed by atoms with Crippen LogP contribution < -0.4 is 5.32 Å². The van der Waals surface area contributed by atoms with Crippen LogP contribution in [0.25, 0.3) is 0 Å². The summed E-state index contributed by atoms with van der Waals surface area (Å²) < 4.78 is 19.5. The summed E-state index contributed by atoms with van der Waals surface area (Å²) in [5.41, 5.74) is 0.948. The summed E-state index contributed by atoms with van der Waals surface area (Å²) in [5, 5.41) is 3.02. The lowest BCUT2D eigenvalue weighted by molar-refractivity contribution is -0.121. The number of aromatic nitrogens is 2. The van der Waals surface area contributed by atoms with Crippen molar-refractivity contribution in [3.63, 3.8) is 0 Å². The van der Waals surface area contributed by atoms with Gasteiger partial charge in [-0.1, -0.05) is 18.2 Å². The maximum Gasteiger partial charge on any atom is 0.217 e. The first-order valence-corrected chi connectivity index (χ1v) is 9.57. The van der Waals surface area contributed by atoms with E-state index < -0.39 is 5.54 Å². The zero-order valence-corrected chi connectivity index (χ0v) is 16.4. The van der Waals surface area contributed by atoms with Crippen molar-refractivity contribution >= 4 is 5.91 Å². The molecule has 0 saturated carbocycles. The van der Waals surface area contributed by atoms with Gasteiger partial charge in [0.05, 0.1) is 12.1 Å². The van der Waals surface area contributed by atoms with Crippen LogP contribution in [0, 0.1) is 5.82 Å². The zero-order chi connectivity index (χ0) is 20.0. The number of methoxy groups -OCH3 is 1. The van der Waals surface area contributed by atoms with E-state index in [2.05, 4.69) is 20.2 Å². The molecule has 150 valence electrons. The van der Waals surface area contributed by atoms with E-state index in [9.17, 15) is 9.18 Å². The minimum Gasteiger partial charge on any atom is -0.384 e. The fourth-order valence-electron chi connectivity index (χ4n) is 3.78. The quantitative estimate of drug-likeness (QED) is 0.792. The molecule has 1 N–H and O–H groups in total. The molecule has 0 unspecified atom stereocenters. The standard InChI is InChI=1S/C21H27FN4O2/c1-16(27)25-21(18-5-3-4-6-19(18)22)8-10-26(11-9-21)15-17-13-23-20(24-14-17)7-12-28-2/h3-6,13-14H,7-12,15H2,1-2H3,(H,25,27). The van der Waals surface area contributed by atoms with Crippen LogP contribution in [0.1, 0.15) is 36.7 Å². The SMILES string of the molecule is COCCc1ncc(CN2CCC(NC(C)=O)(c3ccccc3F)CC2)cn1. The molecule has 1 aliphatic rings. The van der Waals surface area contributed by atoms with Crippen LogP contribution in [-0.4, -0.2) is 47.6 Å². The number of piperidine rings is 1. The maximum absolute atomic E-state index is 14.4. The van der Waals surface area contributed by atoms with Gasteiger partial charge < -0.3 is 10.1 Å². The third-order valence-corrected chi connectivity index (χ3v) is 5.21. The van der Waals surface area contributed by atoms with Crippen LogP contribution in [0.3, 0.4) is 0 Å². The highest BCUT2D eigenvalue weighted by Gasteiger charge is 2.38. The van der Waals surface area contributed by atoms with Crippen LogP contribution in [0.5, 0.6) is 0 Å². The predicted molar refractivity (Wildman–Crippen MR) is 104 cm³/mol. The number of halogens is 1. The molecule has 0 radical (unpaired) electrons. The Labute approximate surface area is 165 Å². The lowest BCUT2D eigenvalue weighted by atomic mass is 9.80. The Hall–Kier alpha value is -2.38. The molecular weight excluding hydrogens is 359 g/mol. The number of nitrogens with one attached hydrogen (secondary N) is 1. The molecule has 28 heavy (non-hydrogen) atoms. The van der Waals surface area contributed by atoms with Gasteiger partial charge in [0.25, 0.3) is 0 Å². The Morgan fingerprint density at radius 2 is 1.93 bits per heavy atom. The predicted octanol–water partition coefficient (Wildman–Crippen LogP) is 2.43. The molecular formula is C21H27FN4O2. The van der Waals surface area contributed by atoms with Crippen molar-refractivity contribution < 1.29 is 13.9 Å². The van der Waals surface area contributed by atoms with Crippen LogP contribution in [-0.2, 0) is 28.0 Å². The van der Waals surface area contributed by atoms with E-state index in [0.717, 1.165) is 31.0 Å². The number of rotatable bonds is 7. The normalized spacial score (nSPS) is 16.7. The van der Waals surface area contributed by atoms with E-state index in [1.807, 2.05) is 18.5 Å². The molecule has 0 bridgehead atoms. The average Bonchev–Trinajstić information content (AvgIpc) is 2.69. The monoisotopic (exact) mass is 386 g/mol. The van der Waals surface area contributed by atoms with Crippen LogP contribution in [0.2, 0.25) is 0 Å². The number of likely N-dealkylation sites (tertiary alicyclic amines) is 1. The average molecular weight is 386 g/mol. The maximum atomic E-state index is 14.4. The number of hydrogen-bond acceptors (Lipinski definition) is 5. The molecule has 6 nitrogen and oxygen atoms in total. The lowest BCUT2D eigenvalue weighted by Gasteiger charge is -2.42. The van der Waals surface area contributed by atoms with E-state index in [-0.39, 0.29) is 11.7 Å². The molecule has 0 spiro atoms. The number of carbonyl (C=O) groups excluding carboxylic acids is 1. The second-order valence-corrected chi connectivity index (χ2v) is 7.27.